The fourth-order valence-electron chi connectivity index (χ4n) is 1.86. The minimum Gasteiger partial charge on any atom is -0.375 e. The summed E-state index contributed by atoms with van der Waals surface area (Å²) in [5, 5.41) is 5.46. The molecule has 1 fully saturated rings. The van der Waals surface area contributed by atoms with Gasteiger partial charge in [0, 0.05) is 18.0 Å². The lowest BCUT2D eigenvalue weighted by molar-refractivity contribution is 0.580. The van der Waals surface area contributed by atoms with E-state index < -0.39 is 0 Å². The molecule has 92 valence electrons. The van der Waals surface area contributed by atoms with E-state index in [-0.39, 0.29) is 5.11 Å². The first kappa shape index (κ1) is 12.3. The van der Waals surface area contributed by atoms with E-state index in [9.17, 15) is 0 Å². The Kier molecular flexibility index (Phi) is 4.33. The van der Waals surface area contributed by atoms with E-state index in [0.29, 0.717) is 0 Å². The van der Waals surface area contributed by atoms with E-state index in [1.807, 2.05) is 0 Å². The van der Waals surface area contributed by atoms with E-state index in [2.05, 4.69) is 39.8 Å². The van der Waals surface area contributed by atoms with Crippen molar-refractivity contribution in [1.82, 2.24) is 5.43 Å². The summed E-state index contributed by atoms with van der Waals surface area (Å²) in [6, 6.07) is 4.22. The van der Waals surface area contributed by atoms with Crippen LogP contribution in [0.1, 0.15) is 24.1 Å². The molecule has 0 spiro atoms. The first-order chi connectivity index (χ1) is 8.25. The Morgan fingerprint density at radius 2 is 2.18 bits per heavy atom. The minimum atomic E-state index is 0.189. The van der Waals surface area contributed by atoms with Crippen molar-refractivity contribution in [2.24, 2.45) is 10.8 Å². The molecule has 1 aromatic heterocycles. The summed E-state index contributed by atoms with van der Waals surface area (Å²) >= 11 is 6.41. The summed E-state index contributed by atoms with van der Waals surface area (Å²) in [5.41, 5.74) is 7.83. The molecule has 0 amide bonds. The van der Waals surface area contributed by atoms with Crippen LogP contribution in [0.4, 0.5) is 5.00 Å². The third kappa shape index (κ3) is 3.67. The molecular formula is C11H16N4S2. The molecule has 1 saturated heterocycles. The first-order valence-electron chi connectivity index (χ1n) is 5.69. The standard InChI is InChI=1S/C11H16N4S2/c12-11(16)14-13-8-9-4-5-10(17-9)15-6-2-1-3-7-15/h4-5,8H,1-3,6-7H2,(H3,12,14,16)/b13-8+. The maximum Gasteiger partial charge on any atom is 0.184 e. The molecule has 1 aliphatic heterocycles. The number of thiophene rings is 1. The van der Waals surface area contributed by atoms with Gasteiger partial charge in [-0.1, -0.05) is 0 Å². The lowest BCUT2D eigenvalue weighted by Gasteiger charge is -2.27. The Labute approximate surface area is 110 Å². The third-order valence-electron chi connectivity index (χ3n) is 2.65. The van der Waals surface area contributed by atoms with Crippen LogP contribution in [0.15, 0.2) is 17.2 Å². The molecule has 0 unspecified atom stereocenters. The van der Waals surface area contributed by atoms with Gasteiger partial charge in [-0.05, 0) is 43.6 Å². The van der Waals surface area contributed by atoms with Crippen molar-refractivity contribution in [2.45, 2.75) is 19.3 Å². The van der Waals surface area contributed by atoms with Gasteiger partial charge in [-0.25, -0.2) is 0 Å². The van der Waals surface area contributed by atoms with Crippen LogP contribution >= 0.6 is 23.6 Å². The van der Waals surface area contributed by atoms with E-state index in [4.69, 9.17) is 5.73 Å². The number of rotatable bonds is 3. The van der Waals surface area contributed by atoms with Gasteiger partial charge in [0.25, 0.3) is 0 Å². The Balaban J connectivity index is 1.95. The second kappa shape index (κ2) is 5.97. The molecule has 0 bridgehead atoms. The van der Waals surface area contributed by atoms with Gasteiger partial charge in [-0.3, -0.25) is 5.43 Å². The van der Waals surface area contributed by atoms with E-state index in [1.54, 1.807) is 17.6 Å². The van der Waals surface area contributed by atoms with Crippen LogP contribution in [0.5, 0.6) is 0 Å². The average molecular weight is 268 g/mol. The number of hydrogen-bond donors (Lipinski definition) is 2. The number of nitrogens with zero attached hydrogens (tertiary/aromatic N) is 2. The maximum atomic E-state index is 5.28. The molecule has 0 atom stereocenters. The normalized spacial score (nSPS) is 16.4. The number of anilines is 1. The number of nitrogens with one attached hydrogen (secondary N) is 1. The summed E-state index contributed by atoms with van der Waals surface area (Å²) in [6.45, 7) is 2.34. The zero-order valence-electron chi connectivity index (χ0n) is 9.56. The van der Waals surface area contributed by atoms with Gasteiger partial charge in [-0.15, -0.1) is 11.3 Å². The van der Waals surface area contributed by atoms with Crippen molar-refractivity contribution in [3.8, 4) is 0 Å². The van der Waals surface area contributed by atoms with E-state index >= 15 is 0 Å². The van der Waals surface area contributed by atoms with Crippen molar-refractivity contribution in [3.05, 3.63) is 17.0 Å². The molecule has 2 heterocycles. The average Bonchev–Trinajstić information content (AvgIpc) is 2.78. The van der Waals surface area contributed by atoms with Crippen molar-refractivity contribution in [3.63, 3.8) is 0 Å². The molecule has 2 rings (SSSR count). The monoisotopic (exact) mass is 268 g/mol. The number of hydrazone groups is 1. The molecule has 1 aliphatic rings. The Bertz CT molecular complexity index is 407. The zero-order chi connectivity index (χ0) is 12.1. The van der Waals surface area contributed by atoms with Crippen LogP contribution in [0, 0.1) is 0 Å². The lowest BCUT2D eigenvalue weighted by atomic mass is 10.1. The smallest absolute Gasteiger partial charge is 0.184 e. The Morgan fingerprint density at radius 3 is 2.88 bits per heavy atom. The Hall–Kier alpha value is -1.14. The van der Waals surface area contributed by atoms with Crippen molar-refractivity contribution >= 4 is 39.9 Å². The van der Waals surface area contributed by atoms with Gasteiger partial charge in [0.1, 0.15) is 0 Å². The van der Waals surface area contributed by atoms with Crippen LogP contribution in [-0.2, 0) is 0 Å². The molecule has 0 aliphatic carbocycles. The van der Waals surface area contributed by atoms with E-state index in [1.165, 1.54) is 37.4 Å². The predicted molar refractivity (Wildman–Crippen MR) is 77.9 cm³/mol. The zero-order valence-corrected chi connectivity index (χ0v) is 11.2. The van der Waals surface area contributed by atoms with Crippen LogP contribution in [0.25, 0.3) is 0 Å². The molecule has 3 N–H and O–H groups in total. The highest BCUT2D eigenvalue weighted by atomic mass is 32.1. The van der Waals surface area contributed by atoms with Gasteiger partial charge >= 0.3 is 0 Å². The predicted octanol–water partition coefficient (Wildman–Crippen LogP) is 1.91. The molecule has 1 aromatic rings. The maximum absolute atomic E-state index is 5.28. The quantitative estimate of drug-likeness (QED) is 0.499. The fourth-order valence-corrected chi connectivity index (χ4v) is 2.84. The SMILES string of the molecule is NC(=S)N/N=C/c1ccc(N2CCCCC2)s1. The highest BCUT2D eigenvalue weighted by Crippen LogP contribution is 2.27. The number of nitrogens with two attached hydrogens (primary N) is 1. The summed E-state index contributed by atoms with van der Waals surface area (Å²) in [5.74, 6) is 0. The second-order valence-electron chi connectivity index (χ2n) is 3.96. The second-order valence-corrected chi connectivity index (χ2v) is 5.49. The van der Waals surface area contributed by atoms with Crippen LogP contribution < -0.4 is 16.1 Å². The molecule has 6 heteroatoms. The first-order valence-corrected chi connectivity index (χ1v) is 6.91. The molecule has 0 saturated carbocycles. The molecule has 0 radical (unpaired) electrons. The molecule has 17 heavy (non-hydrogen) atoms. The van der Waals surface area contributed by atoms with Crippen LogP contribution in [0.3, 0.4) is 0 Å². The Morgan fingerprint density at radius 1 is 1.41 bits per heavy atom. The van der Waals surface area contributed by atoms with Gasteiger partial charge in [-0.2, -0.15) is 5.10 Å². The van der Waals surface area contributed by atoms with Crippen molar-refractivity contribution in [2.75, 3.05) is 18.0 Å². The number of hydrogen-bond acceptors (Lipinski definition) is 4. The fraction of sp³-hybridized carbons (Fsp3) is 0.455. The van der Waals surface area contributed by atoms with Gasteiger partial charge < -0.3 is 10.6 Å². The minimum absolute atomic E-state index is 0.189. The van der Waals surface area contributed by atoms with Crippen molar-refractivity contribution in [1.29, 1.82) is 0 Å². The topological polar surface area (TPSA) is 53.6 Å². The van der Waals surface area contributed by atoms with E-state index in [0.717, 1.165) is 4.88 Å². The lowest BCUT2D eigenvalue weighted by Crippen LogP contribution is -2.28. The summed E-state index contributed by atoms with van der Waals surface area (Å²) in [4.78, 5) is 3.54. The van der Waals surface area contributed by atoms with Gasteiger partial charge in [0.2, 0.25) is 0 Å². The summed E-state index contributed by atoms with van der Waals surface area (Å²) in [6.07, 6.45) is 5.69. The van der Waals surface area contributed by atoms with Gasteiger partial charge in [0.15, 0.2) is 5.11 Å². The number of piperidine rings is 1. The highest BCUT2D eigenvalue weighted by Gasteiger charge is 2.12. The third-order valence-corrected chi connectivity index (χ3v) is 3.82. The summed E-state index contributed by atoms with van der Waals surface area (Å²) in [7, 11) is 0. The van der Waals surface area contributed by atoms with Gasteiger partial charge in [0.05, 0.1) is 11.2 Å². The number of thiocarbonyl (C=S) groups is 1. The van der Waals surface area contributed by atoms with Crippen LogP contribution in [-0.4, -0.2) is 24.4 Å². The van der Waals surface area contributed by atoms with Crippen LogP contribution in [0.2, 0.25) is 0 Å². The molecular weight excluding hydrogens is 252 g/mol. The molecule has 4 nitrogen and oxygen atoms in total. The molecule has 0 aromatic carbocycles. The van der Waals surface area contributed by atoms with Crippen molar-refractivity contribution < 1.29 is 0 Å². The summed E-state index contributed by atoms with van der Waals surface area (Å²) < 4.78 is 0. The largest absolute Gasteiger partial charge is 0.375 e. The highest BCUT2D eigenvalue weighted by molar-refractivity contribution is 7.80.